The minimum absolute atomic E-state index is 0.0675. The highest BCUT2D eigenvalue weighted by Gasteiger charge is 2.32. The van der Waals surface area contributed by atoms with Gasteiger partial charge in [-0.3, -0.25) is 14.9 Å². The zero-order valence-corrected chi connectivity index (χ0v) is 9.30. The fraction of sp³-hybridized carbons (Fsp3) is 0.429. The zero-order chi connectivity index (χ0) is 11.0. The van der Waals surface area contributed by atoms with Gasteiger partial charge in [0, 0.05) is 0 Å². The molecule has 1 aromatic rings. The number of rotatable bonds is 1. The number of imide groups is 1. The van der Waals surface area contributed by atoms with Gasteiger partial charge in [0.25, 0.3) is 0 Å². The van der Waals surface area contributed by atoms with Crippen LogP contribution in [-0.4, -0.2) is 33.1 Å². The number of nitrogens with one attached hydrogen (secondary N) is 1. The summed E-state index contributed by atoms with van der Waals surface area (Å²) in [7, 11) is 0. The van der Waals surface area contributed by atoms with Gasteiger partial charge in [-0.1, -0.05) is 11.6 Å². The van der Waals surface area contributed by atoms with Crippen molar-refractivity contribution in [3.63, 3.8) is 0 Å². The van der Waals surface area contributed by atoms with Crippen LogP contribution >= 0.6 is 23.3 Å². The highest BCUT2D eigenvalue weighted by Crippen LogP contribution is 2.25. The van der Waals surface area contributed by atoms with Crippen LogP contribution in [0.2, 0.25) is 5.15 Å². The normalized spacial score (nSPS) is 21.7. The minimum atomic E-state index is -0.468. The molecule has 2 rings (SSSR count). The lowest BCUT2D eigenvalue weighted by atomic mass is 10.2. The lowest BCUT2D eigenvalue weighted by molar-refractivity contribution is -0.132. The van der Waals surface area contributed by atoms with Gasteiger partial charge in [-0.25, -0.2) is 0 Å². The SMILES string of the molecule is CC1C(=O)NC(=O)CN1c1nsnc1Cl. The van der Waals surface area contributed by atoms with Crippen molar-refractivity contribution in [1.29, 1.82) is 0 Å². The number of anilines is 1. The van der Waals surface area contributed by atoms with Crippen LogP contribution in [-0.2, 0) is 9.59 Å². The minimum Gasteiger partial charge on any atom is -0.332 e. The Bertz CT molecular complexity index is 421. The third-order valence-corrected chi connectivity index (χ3v) is 3.00. The average molecular weight is 247 g/mol. The van der Waals surface area contributed by atoms with Crippen LogP contribution in [0, 0.1) is 0 Å². The van der Waals surface area contributed by atoms with Crippen molar-refractivity contribution < 1.29 is 9.59 Å². The van der Waals surface area contributed by atoms with E-state index >= 15 is 0 Å². The monoisotopic (exact) mass is 246 g/mol. The highest BCUT2D eigenvalue weighted by atomic mass is 35.5. The number of amides is 2. The molecule has 6 nitrogen and oxygen atoms in total. The third-order valence-electron chi connectivity index (χ3n) is 2.13. The number of nitrogens with zero attached hydrogens (tertiary/aromatic N) is 3. The van der Waals surface area contributed by atoms with E-state index in [0.717, 1.165) is 11.7 Å². The molecule has 0 aliphatic carbocycles. The lowest BCUT2D eigenvalue weighted by Crippen LogP contribution is -2.57. The molecule has 2 heterocycles. The summed E-state index contributed by atoms with van der Waals surface area (Å²) in [6.45, 7) is 1.75. The molecular weight excluding hydrogens is 240 g/mol. The Morgan fingerprint density at radius 1 is 1.53 bits per heavy atom. The van der Waals surface area contributed by atoms with Crippen LogP contribution in [0.1, 0.15) is 6.92 Å². The first-order valence-corrected chi connectivity index (χ1v) is 5.29. The number of carbonyl (C=O) groups is 2. The second kappa shape index (κ2) is 3.74. The fourth-order valence-electron chi connectivity index (χ4n) is 1.32. The number of piperazine rings is 1. The van der Waals surface area contributed by atoms with Gasteiger partial charge in [-0.05, 0) is 6.92 Å². The Balaban J connectivity index is 2.32. The summed E-state index contributed by atoms with van der Waals surface area (Å²) in [5, 5.41) is 2.45. The van der Waals surface area contributed by atoms with Crippen molar-refractivity contribution in [2.45, 2.75) is 13.0 Å². The van der Waals surface area contributed by atoms with E-state index in [4.69, 9.17) is 11.6 Å². The largest absolute Gasteiger partial charge is 0.332 e. The van der Waals surface area contributed by atoms with Crippen LogP contribution in [0.4, 0.5) is 5.82 Å². The molecule has 15 heavy (non-hydrogen) atoms. The van der Waals surface area contributed by atoms with Gasteiger partial charge in [0.2, 0.25) is 11.8 Å². The van der Waals surface area contributed by atoms with E-state index in [9.17, 15) is 9.59 Å². The Kier molecular flexibility index (Phi) is 2.57. The summed E-state index contributed by atoms with van der Waals surface area (Å²) >= 11 is 6.73. The predicted octanol–water partition coefficient (Wildman–Crippen LogP) is 0.0428. The summed E-state index contributed by atoms with van der Waals surface area (Å²) < 4.78 is 7.74. The van der Waals surface area contributed by atoms with Crippen LogP contribution in [0.3, 0.4) is 0 Å². The molecule has 1 aromatic heterocycles. The number of carbonyl (C=O) groups excluding carboxylic acids is 2. The van der Waals surface area contributed by atoms with Gasteiger partial charge < -0.3 is 4.90 Å². The lowest BCUT2D eigenvalue weighted by Gasteiger charge is -2.31. The van der Waals surface area contributed by atoms with Crippen molar-refractivity contribution in [3.8, 4) is 0 Å². The molecule has 0 spiro atoms. The topological polar surface area (TPSA) is 75.2 Å². The Hall–Kier alpha value is -1.21. The Morgan fingerprint density at radius 3 is 2.87 bits per heavy atom. The van der Waals surface area contributed by atoms with E-state index in [0.29, 0.717) is 5.82 Å². The molecule has 0 aromatic carbocycles. The number of hydrogen-bond acceptors (Lipinski definition) is 6. The van der Waals surface area contributed by atoms with Crippen LogP contribution < -0.4 is 10.2 Å². The van der Waals surface area contributed by atoms with E-state index in [-0.39, 0.29) is 23.5 Å². The maximum atomic E-state index is 11.4. The van der Waals surface area contributed by atoms with Crippen LogP contribution in [0.5, 0.6) is 0 Å². The first kappa shape index (κ1) is 10.3. The second-order valence-corrected chi connectivity index (χ2v) is 3.98. The predicted molar refractivity (Wildman–Crippen MR) is 54.9 cm³/mol. The molecule has 1 fully saturated rings. The van der Waals surface area contributed by atoms with Gasteiger partial charge in [0.15, 0.2) is 11.0 Å². The summed E-state index contributed by atoms with van der Waals surface area (Å²) in [6.07, 6.45) is 0. The molecule has 80 valence electrons. The van der Waals surface area contributed by atoms with Crippen molar-refractivity contribution in [1.82, 2.24) is 14.1 Å². The molecule has 1 atom stereocenters. The number of halogens is 1. The molecule has 1 N–H and O–H groups in total. The summed E-state index contributed by atoms with van der Waals surface area (Å²) in [5.41, 5.74) is 0. The maximum Gasteiger partial charge on any atom is 0.249 e. The van der Waals surface area contributed by atoms with Gasteiger partial charge in [0.05, 0.1) is 18.3 Å². The van der Waals surface area contributed by atoms with Gasteiger partial charge in [-0.15, -0.1) is 0 Å². The molecule has 8 heteroatoms. The molecule has 1 aliphatic heterocycles. The molecule has 0 saturated carbocycles. The maximum absolute atomic E-state index is 11.4. The van der Waals surface area contributed by atoms with Crippen molar-refractivity contribution in [3.05, 3.63) is 5.15 Å². The molecule has 0 bridgehead atoms. The van der Waals surface area contributed by atoms with E-state index in [1.165, 1.54) is 4.90 Å². The smallest absolute Gasteiger partial charge is 0.249 e. The molecule has 0 radical (unpaired) electrons. The number of aromatic nitrogens is 2. The van der Waals surface area contributed by atoms with E-state index < -0.39 is 6.04 Å². The Labute approximate surface area is 94.5 Å². The summed E-state index contributed by atoms with van der Waals surface area (Å²) in [6, 6.07) is -0.468. The van der Waals surface area contributed by atoms with Crippen molar-refractivity contribution in [2.75, 3.05) is 11.4 Å². The number of hydrogen-bond donors (Lipinski definition) is 1. The van der Waals surface area contributed by atoms with Crippen LogP contribution in [0.25, 0.3) is 0 Å². The summed E-state index contributed by atoms with van der Waals surface area (Å²) in [4.78, 5) is 24.1. The summed E-state index contributed by atoms with van der Waals surface area (Å²) in [5.74, 6) is -0.324. The quantitative estimate of drug-likeness (QED) is 0.709. The van der Waals surface area contributed by atoms with E-state index in [1.807, 2.05) is 0 Å². The van der Waals surface area contributed by atoms with Gasteiger partial charge >= 0.3 is 0 Å². The zero-order valence-electron chi connectivity index (χ0n) is 7.73. The molecular formula is C7H7ClN4O2S. The second-order valence-electron chi connectivity index (χ2n) is 3.09. The van der Waals surface area contributed by atoms with Crippen molar-refractivity contribution >= 4 is 41.0 Å². The van der Waals surface area contributed by atoms with E-state index in [2.05, 4.69) is 14.1 Å². The van der Waals surface area contributed by atoms with E-state index in [1.54, 1.807) is 6.92 Å². The molecule has 2 amide bonds. The highest BCUT2D eigenvalue weighted by molar-refractivity contribution is 6.99. The van der Waals surface area contributed by atoms with Crippen LogP contribution in [0.15, 0.2) is 0 Å². The molecule has 1 unspecified atom stereocenters. The molecule has 1 saturated heterocycles. The third kappa shape index (κ3) is 1.80. The molecule has 1 aliphatic rings. The Morgan fingerprint density at radius 2 is 2.27 bits per heavy atom. The fourth-order valence-corrected chi connectivity index (χ4v) is 2.07. The standard InChI is InChI=1S/C7H7ClN4O2S/c1-3-7(14)9-4(13)2-12(3)6-5(8)10-15-11-6/h3H,2H2,1H3,(H,9,13,14). The van der Waals surface area contributed by atoms with Gasteiger partial charge in [0.1, 0.15) is 6.04 Å². The average Bonchev–Trinajstić information content (AvgIpc) is 2.58. The van der Waals surface area contributed by atoms with Crippen molar-refractivity contribution in [2.24, 2.45) is 0 Å². The first-order chi connectivity index (χ1) is 7.09. The van der Waals surface area contributed by atoms with Gasteiger partial charge in [-0.2, -0.15) is 8.75 Å². The first-order valence-electron chi connectivity index (χ1n) is 4.18.